The highest BCUT2D eigenvalue weighted by atomic mass is 16.5. The minimum Gasteiger partial charge on any atom is -0.459 e. The van der Waals surface area contributed by atoms with E-state index < -0.39 is 36.0 Å². The van der Waals surface area contributed by atoms with E-state index in [0.717, 1.165) is 18.5 Å². The van der Waals surface area contributed by atoms with Crippen molar-refractivity contribution in [2.45, 2.75) is 77.8 Å². The average molecular weight is 448 g/mol. The lowest BCUT2D eigenvalue weighted by atomic mass is 9.99. The van der Waals surface area contributed by atoms with Gasteiger partial charge in [0.15, 0.2) is 0 Å². The van der Waals surface area contributed by atoms with Gasteiger partial charge in [-0.25, -0.2) is 4.79 Å². The predicted octanol–water partition coefficient (Wildman–Crippen LogP) is 1.51. The molecule has 0 bridgehead atoms. The highest BCUT2D eigenvalue weighted by Gasteiger charge is 2.33. The number of carbonyl (C=O) groups is 3. The zero-order valence-electron chi connectivity index (χ0n) is 19.5. The Morgan fingerprint density at radius 3 is 2.34 bits per heavy atom. The third-order valence-corrected chi connectivity index (χ3v) is 5.53. The molecule has 1 unspecified atom stereocenters. The van der Waals surface area contributed by atoms with Crippen LogP contribution in [0, 0.1) is 11.8 Å². The highest BCUT2D eigenvalue weighted by Crippen LogP contribution is 2.13. The molecule has 1 saturated heterocycles. The number of amides is 2. The number of nitrogens with one attached hydrogen (secondary N) is 3. The number of carbonyl (C=O) groups excluding carboxylic acids is 3. The van der Waals surface area contributed by atoms with E-state index in [0.29, 0.717) is 12.8 Å². The van der Waals surface area contributed by atoms with Gasteiger partial charge < -0.3 is 25.8 Å². The molecule has 32 heavy (non-hydrogen) atoms. The van der Waals surface area contributed by atoms with Crippen LogP contribution in [-0.4, -0.2) is 53.7 Å². The van der Waals surface area contributed by atoms with Crippen molar-refractivity contribution in [3.8, 4) is 0 Å². The summed E-state index contributed by atoms with van der Waals surface area (Å²) in [6.45, 7) is 8.39. The zero-order valence-corrected chi connectivity index (χ0v) is 19.5. The Bertz CT molecular complexity index is 747. The maximum atomic E-state index is 13.0. The summed E-state index contributed by atoms with van der Waals surface area (Å²) in [7, 11) is 0. The van der Waals surface area contributed by atoms with Crippen LogP contribution >= 0.6 is 0 Å². The first-order valence-electron chi connectivity index (χ1n) is 11.4. The van der Waals surface area contributed by atoms with E-state index in [1.54, 1.807) is 0 Å². The van der Waals surface area contributed by atoms with Crippen LogP contribution in [0.3, 0.4) is 0 Å². The van der Waals surface area contributed by atoms with Crippen molar-refractivity contribution in [1.29, 1.82) is 0 Å². The standard InChI is InChI=1S/C24H37N3O5/c1-15(2)13-19(26-23(30)21(28)18-11-8-12-25-18)22(29)27-20(16(3)4)24(31)32-14-17-9-6-5-7-10-17/h5-7,9-10,15-16,18-21,25,28H,8,11-14H2,1-4H3,(H,26,30)(H,27,29)/t18-,19+,20-,21?/m0/s1. The minimum atomic E-state index is -1.23. The SMILES string of the molecule is CC(C)C[C@@H](NC(=O)C(O)[C@@H]1CCCN1)C(=O)N[C@H](C(=O)OCc1ccccc1)C(C)C. The number of hydrogen-bond acceptors (Lipinski definition) is 6. The molecule has 0 saturated carbocycles. The Hall–Kier alpha value is -2.45. The Morgan fingerprint density at radius 2 is 1.78 bits per heavy atom. The van der Waals surface area contributed by atoms with Crippen molar-refractivity contribution in [3.05, 3.63) is 35.9 Å². The van der Waals surface area contributed by atoms with Crippen LogP contribution in [-0.2, 0) is 25.7 Å². The monoisotopic (exact) mass is 447 g/mol. The van der Waals surface area contributed by atoms with E-state index in [-0.39, 0.29) is 24.5 Å². The van der Waals surface area contributed by atoms with Crippen molar-refractivity contribution >= 4 is 17.8 Å². The van der Waals surface area contributed by atoms with Crippen LogP contribution in [0.25, 0.3) is 0 Å². The summed E-state index contributed by atoms with van der Waals surface area (Å²) in [5.41, 5.74) is 0.856. The van der Waals surface area contributed by atoms with Crippen LogP contribution in [0.1, 0.15) is 52.5 Å². The predicted molar refractivity (Wildman–Crippen MR) is 121 cm³/mol. The largest absolute Gasteiger partial charge is 0.459 e. The molecule has 0 aromatic heterocycles. The first-order valence-corrected chi connectivity index (χ1v) is 11.4. The Kier molecular flexibility index (Phi) is 10.1. The van der Waals surface area contributed by atoms with Crippen LogP contribution in [0.2, 0.25) is 0 Å². The van der Waals surface area contributed by atoms with E-state index in [1.165, 1.54) is 0 Å². The topological polar surface area (TPSA) is 117 Å². The van der Waals surface area contributed by atoms with Crippen LogP contribution in [0.5, 0.6) is 0 Å². The van der Waals surface area contributed by atoms with Gasteiger partial charge in [0.05, 0.1) is 0 Å². The number of hydrogen-bond donors (Lipinski definition) is 4. The maximum absolute atomic E-state index is 13.0. The summed E-state index contributed by atoms with van der Waals surface area (Å²) in [6, 6.07) is 7.30. The summed E-state index contributed by atoms with van der Waals surface area (Å²) in [4.78, 5) is 38.3. The van der Waals surface area contributed by atoms with Crippen molar-refractivity contribution in [1.82, 2.24) is 16.0 Å². The molecule has 0 spiro atoms. The normalized spacial score (nSPS) is 18.8. The van der Waals surface area contributed by atoms with Crippen molar-refractivity contribution in [2.75, 3.05) is 6.54 Å². The van der Waals surface area contributed by atoms with Crippen molar-refractivity contribution < 1.29 is 24.2 Å². The molecular weight excluding hydrogens is 410 g/mol. The van der Waals surface area contributed by atoms with Crippen molar-refractivity contribution in [3.63, 3.8) is 0 Å². The smallest absolute Gasteiger partial charge is 0.329 e. The lowest BCUT2D eigenvalue weighted by Gasteiger charge is -2.27. The number of rotatable bonds is 11. The molecule has 0 radical (unpaired) electrons. The molecule has 8 nitrogen and oxygen atoms in total. The van der Waals surface area contributed by atoms with E-state index >= 15 is 0 Å². The van der Waals surface area contributed by atoms with Gasteiger partial charge in [-0.05, 0) is 43.2 Å². The van der Waals surface area contributed by atoms with Gasteiger partial charge in [-0.3, -0.25) is 9.59 Å². The molecule has 178 valence electrons. The molecule has 0 aliphatic carbocycles. The second kappa shape index (κ2) is 12.6. The second-order valence-corrected chi connectivity index (χ2v) is 9.16. The first kappa shape index (κ1) is 25.8. The fourth-order valence-electron chi connectivity index (χ4n) is 3.69. The number of ether oxygens (including phenoxy) is 1. The lowest BCUT2D eigenvalue weighted by molar-refractivity contribution is -0.150. The third-order valence-electron chi connectivity index (χ3n) is 5.53. The van der Waals surface area contributed by atoms with Gasteiger partial charge in [0.1, 0.15) is 24.8 Å². The highest BCUT2D eigenvalue weighted by molar-refractivity contribution is 5.92. The molecule has 1 aromatic rings. The quantitative estimate of drug-likeness (QED) is 0.382. The number of aliphatic hydroxyl groups excluding tert-OH is 1. The van der Waals surface area contributed by atoms with Gasteiger partial charge in [-0.2, -0.15) is 0 Å². The molecule has 1 fully saturated rings. The van der Waals surface area contributed by atoms with E-state index in [4.69, 9.17) is 4.74 Å². The van der Waals surface area contributed by atoms with Gasteiger partial charge in [0.2, 0.25) is 5.91 Å². The van der Waals surface area contributed by atoms with Crippen molar-refractivity contribution in [2.24, 2.45) is 11.8 Å². The first-order chi connectivity index (χ1) is 15.2. The molecule has 4 N–H and O–H groups in total. The summed E-state index contributed by atoms with van der Waals surface area (Å²) >= 11 is 0. The minimum absolute atomic E-state index is 0.117. The molecule has 1 aliphatic heterocycles. The van der Waals surface area contributed by atoms with Crippen LogP contribution < -0.4 is 16.0 Å². The maximum Gasteiger partial charge on any atom is 0.329 e. The molecule has 1 aromatic carbocycles. The van der Waals surface area contributed by atoms with Gasteiger partial charge >= 0.3 is 5.97 Å². The van der Waals surface area contributed by atoms with E-state index in [1.807, 2.05) is 58.0 Å². The Morgan fingerprint density at radius 1 is 1.09 bits per heavy atom. The number of esters is 1. The molecule has 8 heteroatoms. The van der Waals surface area contributed by atoms with Crippen LogP contribution in [0.4, 0.5) is 0 Å². The molecule has 1 aliphatic rings. The lowest BCUT2D eigenvalue weighted by Crippen LogP contribution is -2.56. The molecule has 1 heterocycles. The van der Waals surface area contributed by atoms with Gasteiger partial charge in [0.25, 0.3) is 5.91 Å². The summed E-state index contributed by atoms with van der Waals surface area (Å²) in [5, 5.41) is 18.9. The Balaban J connectivity index is 2.00. The Labute approximate surface area is 190 Å². The fraction of sp³-hybridized carbons (Fsp3) is 0.625. The number of aliphatic hydroxyl groups is 1. The van der Waals surface area contributed by atoms with Crippen LogP contribution in [0.15, 0.2) is 30.3 Å². The summed E-state index contributed by atoms with van der Waals surface area (Å²) < 4.78 is 5.41. The second-order valence-electron chi connectivity index (χ2n) is 9.16. The van der Waals surface area contributed by atoms with Gasteiger partial charge in [-0.1, -0.05) is 58.0 Å². The third kappa shape index (κ3) is 7.91. The fourth-order valence-corrected chi connectivity index (χ4v) is 3.69. The average Bonchev–Trinajstić information content (AvgIpc) is 3.29. The molecular formula is C24H37N3O5. The summed E-state index contributed by atoms with van der Waals surface area (Å²) in [5.74, 6) is -1.66. The zero-order chi connectivity index (χ0) is 23.7. The molecule has 2 amide bonds. The van der Waals surface area contributed by atoms with E-state index in [2.05, 4.69) is 16.0 Å². The number of benzene rings is 1. The summed E-state index contributed by atoms with van der Waals surface area (Å²) in [6.07, 6.45) is 0.758. The van der Waals surface area contributed by atoms with E-state index in [9.17, 15) is 19.5 Å². The van der Waals surface area contributed by atoms with Gasteiger partial charge in [0, 0.05) is 6.04 Å². The molecule has 4 atom stereocenters. The van der Waals surface area contributed by atoms with Gasteiger partial charge in [-0.15, -0.1) is 0 Å². The molecule has 2 rings (SSSR count).